The maximum atomic E-state index is 9.78. The van der Waals surface area contributed by atoms with Crippen LogP contribution in [0.4, 0.5) is 0 Å². The van der Waals surface area contributed by atoms with Crippen LogP contribution in [0.15, 0.2) is 30.5 Å². The first kappa shape index (κ1) is 12.2. The van der Waals surface area contributed by atoms with Gasteiger partial charge < -0.3 is 14.4 Å². The van der Waals surface area contributed by atoms with Gasteiger partial charge in [-0.15, -0.1) is 0 Å². The SMILES string of the molecule is COc1cccc(Cc2ncc3n2CC(O)CC3)c1. The number of rotatable bonds is 3. The Morgan fingerprint density at radius 2 is 2.37 bits per heavy atom. The van der Waals surface area contributed by atoms with Gasteiger partial charge in [0, 0.05) is 18.3 Å². The Morgan fingerprint density at radius 3 is 3.21 bits per heavy atom. The molecule has 2 aromatic rings. The normalized spacial score (nSPS) is 18.1. The molecule has 0 saturated heterocycles. The van der Waals surface area contributed by atoms with Crippen LogP contribution in [0.3, 0.4) is 0 Å². The zero-order chi connectivity index (χ0) is 13.2. The van der Waals surface area contributed by atoms with Crippen molar-refractivity contribution in [3.63, 3.8) is 0 Å². The second-order valence-corrected chi connectivity index (χ2v) is 5.00. The topological polar surface area (TPSA) is 47.3 Å². The molecule has 2 heterocycles. The largest absolute Gasteiger partial charge is 0.497 e. The Bertz CT molecular complexity index is 577. The smallest absolute Gasteiger partial charge is 0.119 e. The van der Waals surface area contributed by atoms with Crippen molar-refractivity contribution < 1.29 is 9.84 Å². The Morgan fingerprint density at radius 1 is 1.47 bits per heavy atom. The van der Waals surface area contributed by atoms with E-state index in [4.69, 9.17) is 4.74 Å². The lowest BCUT2D eigenvalue weighted by atomic mass is 10.1. The summed E-state index contributed by atoms with van der Waals surface area (Å²) in [6.45, 7) is 0.661. The summed E-state index contributed by atoms with van der Waals surface area (Å²) in [4.78, 5) is 4.49. The van der Waals surface area contributed by atoms with E-state index in [2.05, 4.69) is 15.6 Å². The zero-order valence-electron chi connectivity index (χ0n) is 11.0. The van der Waals surface area contributed by atoms with Gasteiger partial charge in [0.05, 0.1) is 19.8 Å². The van der Waals surface area contributed by atoms with Crippen molar-refractivity contribution in [1.29, 1.82) is 0 Å². The number of aromatic nitrogens is 2. The van der Waals surface area contributed by atoms with Crippen molar-refractivity contribution in [3.8, 4) is 5.75 Å². The first-order valence-corrected chi connectivity index (χ1v) is 6.60. The van der Waals surface area contributed by atoms with E-state index in [0.717, 1.165) is 30.8 Å². The number of hydrogen-bond acceptors (Lipinski definition) is 3. The van der Waals surface area contributed by atoms with Crippen molar-refractivity contribution in [2.75, 3.05) is 7.11 Å². The number of aryl methyl sites for hydroxylation is 1. The Balaban J connectivity index is 1.85. The number of hydrogen-bond donors (Lipinski definition) is 1. The van der Waals surface area contributed by atoms with Crippen molar-refractivity contribution in [1.82, 2.24) is 9.55 Å². The molecule has 1 atom stereocenters. The lowest BCUT2D eigenvalue weighted by Crippen LogP contribution is -2.25. The second-order valence-electron chi connectivity index (χ2n) is 5.00. The highest BCUT2D eigenvalue weighted by Gasteiger charge is 2.19. The first-order chi connectivity index (χ1) is 9.26. The van der Waals surface area contributed by atoms with Gasteiger partial charge in [-0.2, -0.15) is 0 Å². The Labute approximate surface area is 112 Å². The fraction of sp³-hybridized carbons (Fsp3) is 0.400. The predicted octanol–water partition coefficient (Wildman–Crippen LogP) is 1.79. The third-order valence-corrected chi connectivity index (χ3v) is 3.64. The standard InChI is InChI=1S/C15H18N2O2/c1-19-14-4-2-3-11(7-14)8-15-16-9-12-5-6-13(18)10-17(12)15/h2-4,7,9,13,18H,5-6,8,10H2,1H3. The number of nitrogens with zero attached hydrogens (tertiary/aromatic N) is 2. The van der Waals surface area contributed by atoms with Gasteiger partial charge >= 0.3 is 0 Å². The molecule has 1 unspecified atom stereocenters. The van der Waals surface area contributed by atoms with Gasteiger partial charge in [-0.1, -0.05) is 12.1 Å². The van der Waals surface area contributed by atoms with Crippen molar-refractivity contribution in [3.05, 3.63) is 47.5 Å². The lowest BCUT2D eigenvalue weighted by Gasteiger charge is -2.21. The van der Waals surface area contributed by atoms with E-state index in [1.165, 1.54) is 11.3 Å². The van der Waals surface area contributed by atoms with Gasteiger partial charge in [0.1, 0.15) is 11.6 Å². The first-order valence-electron chi connectivity index (χ1n) is 6.60. The molecule has 3 rings (SSSR count). The van der Waals surface area contributed by atoms with Crippen LogP contribution in [0.25, 0.3) is 0 Å². The summed E-state index contributed by atoms with van der Waals surface area (Å²) in [7, 11) is 1.67. The molecule has 1 aliphatic rings. The quantitative estimate of drug-likeness (QED) is 0.913. The van der Waals surface area contributed by atoms with Gasteiger partial charge in [-0.05, 0) is 30.5 Å². The molecule has 1 aromatic heterocycles. The maximum absolute atomic E-state index is 9.78. The fourth-order valence-corrected chi connectivity index (χ4v) is 2.60. The van der Waals surface area contributed by atoms with Crippen LogP contribution >= 0.6 is 0 Å². The third-order valence-electron chi connectivity index (χ3n) is 3.64. The summed E-state index contributed by atoms with van der Waals surface area (Å²) >= 11 is 0. The molecule has 1 aliphatic heterocycles. The average molecular weight is 258 g/mol. The summed E-state index contributed by atoms with van der Waals surface area (Å²) in [5.41, 5.74) is 2.40. The van der Waals surface area contributed by atoms with E-state index >= 15 is 0 Å². The number of aliphatic hydroxyl groups is 1. The number of fused-ring (bicyclic) bond motifs is 1. The molecule has 4 nitrogen and oxygen atoms in total. The van der Waals surface area contributed by atoms with Crippen LogP contribution in [-0.2, 0) is 19.4 Å². The molecule has 0 bridgehead atoms. The zero-order valence-corrected chi connectivity index (χ0v) is 11.0. The van der Waals surface area contributed by atoms with Crippen LogP contribution in [0.1, 0.15) is 23.5 Å². The molecule has 1 N–H and O–H groups in total. The van der Waals surface area contributed by atoms with Crippen LogP contribution in [-0.4, -0.2) is 27.9 Å². The van der Waals surface area contributed by atoms with Crippen molar-refractivity contribution >= 4 is 0 Å². The Hall–Kier alpha value is -1.81. The molecule has 100 valence electrons. The summed E-state index contributed by atoms with van der Waals surface area (Å²) in [6, 6.07) is 8.03. The summed E-state index contributed by atoms with van der Waals surface area (Å²) < 4.78 is 7.38. The highest BCUT2D eigenvalue weighted by Crippen LogP contribution is 2.20. The molecule has 19 heavy (non-hydrogen) atoms. The molecule has 0 saturated carbocycles. The van der Waals surface area contributed by atoms with Gasteiger partial charge in [-0.3, -0.25) is 0 Å². The minimum absolute atomic E-state index is 0.245. The number of imidazole rings is 1. The number of aliphatic hydroxyl groups excluding tert-OH is 1. The van der Waals surface area contributed by atoms with E-state index in [0.29, 0.717) is 6.54 Å². The fourth-order valence-electron chi connectivity index (χ4n) is 2.60. The summed E-state index contributed by atoms with van der Waals surface area (Å²) in [5, 5.41) is 9.78. The highest BCUT2D eigenvalue weighted by molar-refractivity contribution is 5.30. The molecule has 0 radical (unpaired) electrons. The predicted molar refractivity (Wildman–Crippen MR) is 72.4 cm³/mol. The lowest BCUT2D eigenvalue weighted by molar-refractivity contribution is 0.130. The molecule has 0 amide bonds. The van der Waals surface area contributed by atoms with E-state index < -0.39 is 0 Å². The molecule has 0 spiro atoms. The van der Waals surface area contributed by atoms with Crippen LogP contribution in [0.2, 0.25) is 0 Å². The molecule has 0 fully saturated rings. The summed E-state index contributed by atoms with van der Waals surface area (Å²) in [6.07, 6.45) is 4.20. The van der Waals surface area contributed by atoms with Crippen LogP contribution in [0.5, 0.6) is 5.75 Å². The Kier molecular flexibility index (Phi) is 3.25. The minimum Gasteiger partial charge on any atom is -0.497 e. The van der Waals surface area contributed by atoms with Crippen molar-refractivity contribution in [2.45, 2.75) is 31.9 Å². The molecule has 4 heteroatoms. The van der Waals surface area contributed by atoms with Gasteiger partial charge in [-0.25, -0.2) is 4.98 Å². The third kappa shape index (κ3) is 2.49. The number of methoxy groups -OCH3 is 1. The second kappa shape index (κ2) is 5.05. The molecule has 1 aromatic carbocycles. The highest BCUT2D eigenvalue weighted by atomic mass is 16.5. The summed E-state index contributed by atoms with van der Waals surface area (Å²) in [5.74, 6) is 1.88. The van der Waals surface area contributed by atoms with Gasteiger partial charge in [0.15, 0.2) is 0 Å². The van der Waals surface area contributed by atoms with Gasteiger partial charge in [0.2, 0.25) is 0 Å². The number of benzene rings is 1. The van der Waals surface area contributed by atoms with Crippen LogP contribution in [0, 0.1) is 0 Å². The van der Waals surface area contributed by atoms with E-state index in [9.17, 15) is 5.11 Å². The maximum Gasteiger partial charge on any atom is 0.119 e. The van der Waals surface area contributed by atoms with E-state index in [1.54, 1.807) is 7.11 Å². The van der Waals surface area contributed by atoms with Crippen LogP contribution < -0.4 is 4.74 Å². The van der Waals surface area contributed by atoms with E-state index in [-0.39, 0.29) is 6.10 Å². The molecule has 0 aliphatic carbocycles. The van der Waals surface area contributed by atoms with Gasteiger partial charge in [0.25, 0.3) is 0 Å². The van der Waals surface area contributed by atoms with E-state index in [1.807, 2.05) is 24.4 Å². The monoisotopic (exact) mass is 258 g/mol. The molecular formula is C15H18N2O2. The number of ether oxygens (including phenoxy) is 1. The molecular weight excluding hydrogens is 240 g/mol. The minimum atomic E-state index is -0.245. The average Bonchev–Trinajstić information content (AvgIpc) is 2.81. The van der Waals surface area contributed by atoms with Crippen molar-refractivity contribution in [2.24, 2.45) is 0 Å².